The third-order valence-corrected chi connectivity index (χ3v) is 3.55. The van der Waals surface area contributed by atoms with Crippen molar-refractivity contribution < 1.29 is 0 Å². The Morgan fingerprint density at radius 1 is 1.05 bits per heavy atom. The van der Waals surface area contributed by atoms with Crippen LogP contribution in [-0.2, 0) is 6.54 Å². The predicted octanol–water partition coefficient (Wildman–Crippen LogP) is 4.64. The van der Waals surface area contributed by atoms with Crippen molar-refractivity contribution in [3.63, 3.8) is 0 Å². The number of rotatable bonds is 3. The lowest BCUT2D eigenvalue weighted by molar-refractivity contribution is 0.834. The van der Waals surface area contributed by atoms with Crippen molar-refractivity contribution in [3.05, 3.63) is 78.0 Å². The van der Waals surface area contributed by atoms with Gasteiger partial charge in [-0.3, -0.25) is 0 Å². The minimum absolute atomic E-state index is 0.899. The van der Waals surface area contributed by atoms with Gasteiger partial charge in [-0.2, -0.15) is 0 Å². The summed E-state index contributed by atoms with van der Waals surface area (Å²) in [4.78, 5) is 0. The second kappa shape index (κ2) is 4.77. The molecule has 1 nitrogen and oxygen atoms in total. The average Bonchev–Trinajstić information content (AvgIpc) is 2.79. The Bertz CT molecular complexity index is 720. The molecule has 0 fully saturated rings. The van der Waals surface area contributed by atoms with Crippen LogP contribution in [0.3, 0.4) is 0 Å². The van der Waals surface area contributed by atoms with Gasteiger partial charge in [0.15, 0.2) is 0 Å². The summed E-state index contributed by atoms with van der Waals surface area (Å²) in [6.07, 6.45) is 4.13. The molecule has 2 aromatic carbocycles. The molecule has 0 aliphatic carbocycles. The summed E-state index contributed by atoms with van der Waals surface area (Å²) in [5.74, 6) is 0. The number of hydrogen-bond acceptors (Lipinski definition) is 0. The van der Waals surface area contributed by atoms with Crippen molar-refractivity contribution >= 4 is 17.0 Å². The number of nitrogens with zero attached hydrogens (tertiary/aromatic N) is 1. The third kappa shape index (κ3) is 2.08. The van der Waals surface area contributed by atoms with E-state index in [9.17, 15) is 0 Å². The molecule has 3 rings (SSSR count). The Morgan fingerprint density at radius 3 is 2.58 bits per heavy atom. The molecule has 1 heteroatoms. The summed E-state index contributed by atoms with van der Waals surface area (Å²) in [7, 11) is 0. The van der Waals surface area contributed by atoms with Crippen molar-refractivity contribution in [3.8, 4) is 0 Å². The van der Waals surface area contributed by atoms with E-state index in [-0.39, 0.29) is 0 Å². The molecule has 0 saturated heterocycles. The summed E-state index contributed by atoms with van der Waals surface area (Å²) in [6.45, 7) is 6.98. The third-order valence-electron chi connectivity index (χ3n) is 3.55. The molecule has 1 aromatic heterocycles. The minimum Gasteiger partial charge on any atom is -0.342 e. The maximum atomic E-state index is 3.92. The Kier molecular flexibility index (Phi) is 2.96. The van der Waals surface area contributed by atoms with E-state index in [0.717, 1.165) is 6.54 Å². The van der Waals surface area contributed by atoms with Crippen LogP contribution >= 0.6 is 0 Å². The van der Waals surface area contributed by atoms with Gasteiger partial charge in [-0.05, 0) is 23.6 Å². The average molecular weight is 247 g/mol. The van der Waals surface area contributed by atoms with E-state index in [1.54, 1.807) is 0 Å². The van der Waals surface area contributed by atoms with E-state index in [4.69, 9.17) is 0 Å². The smallest absolute Gasteiger partial charge is 0.0519 e. The number of para-hydroxylation sites is 1. The Morgan fingerprint density at radius 2 is 1.84 bits per heavy atom. The minimum atomic E-state index is 0.899. The molecule has 94 valence electrons. The first kappa shape index (κ1) is 11.8. The second-order valence-corrected chi connectivity index (χ2v) is 4.87. The Hall–Kier alpha value is -2.28. The molecular weight excluding hydrogens is 230 g/mol. The van der Waals surface area contributed by atoms with Crippen LogP contribution in [0.5, 0.6) is 0 Å². The highest BCUT2D eigenvalue weighted by Gasteiger charge is 2.08. The van der Waals surface area contributed by atoms with Crippen molar-refractivity contribution in [1.29, 1.82) is 0 Å². The van der Waals surface area contributed by atoms with Crippen LogP contribution in [-0.4, -0.2) is 4.57 Å². The summed E-state index contributed by atoms with van der Waals surface area (Å²) in [5, 5.41) is 1.28. The quantitative estimate of drug-likeness (QED) is 0.635. The zero-order chi connectivity index (χ0) is 13.2. The van der Waals surface area contributed by atoms with Gasteiger partial charge in [0.2, 0.25) is 0 Å². The first-order valence-electron chi connectivity index (χ1n) is 6.54. The van der Waals surface area contributed by atoms with Gasteiger partial charge in [0.1, 0.15) is 0 Å². The number of fused-ring (bicyclic) bond motifs is 1. The molecule has 0 saturated carbocycles. The van der Waals surface area contributed by atoms with Gasteiger partial charge in [0.05, 0.1) is 5.52 Å². The summed E-state index contributed by atoms with van der Waals surface area (Å²) in [6, 6.07) is 17.0. The number of benzene rings is 2. The monoisotopic (exact) mass is 247 g/mol. The first-order chi connectivity index (χ1) is 9.29. The molecule has 0 spiro atoms. The summed E-state index contributed by atoms with van der Waals surface area (Å²) in [5.41, 5.74) is 5.13. The van der Waals surface area contributed by atoms with Crippen LogP contribution in [0.1, 0.15) is 16.7 Å². The molecular formula is C18H17N. The van der Waals surface area contributed by atoms with Crippen molar-refractivity contribution in [2.24, 2.45) is 0 Å². The zero-order valence-corrected chi connectivity index (χ0v) is 11.1. The predicted molar refractivity (Wildman–Crippen MR) is 82.3 cm³/mol. The Balaban J connectivity index is 2.16. The highest BCUT2D eigenvalue weighted by molar-refractivity contribution is 5.91. The molecule has 19 heavy (non-hydrogen) atoms. The molecule has 0 aliphatic rings. The fourth-order valence-electron chi connectivity index (χ4n) is 2.64. The van der Waals surface area contributed by atoms with Gasteiger partial charge in [0.25, 0.3) is 0 Å². The molecule has 0 atom stereocenters. The standard InChI is InChI=1S/C18H17N/c1-3-16-13-19(12-15-9-5-4-6-10-15)18-14(2)8-7-11-17(16)18/h3-11,13H,1,12H2,2H3. The van der Waals surface area contributed by atoms with Crippen LogP contribution in [0.4, 0.5) is 0 Å². The fraction of sp³-hybridized carbons (Fsp3) is 0.111. The van der Waals surface area contributed by atoms with Gasteiger partial charge in [-0.25, -0.2) is 0 Å². The van der Waals surface area contributed by atoms with E-state index in [2.05, 4.69) is 72.8 Å². The lowest BCUT2D eigenvalue weighted by atomic mass is 10.1. The van der Waals surface area contributed by atoms with E-state index < -0.39 is 0 Å². The molecule has 0 aliphatic heterocycles. The van der Waals surface area contributed by atoms with Crippen LogP contribution in [0, 0.1) is 6.92 Å². The van der Waals surface area contributed by atoms with E-state index in [1.165, 1.54) is 27.6 Å². The van der Waals surface area contributed by atoms with Gasteiger partial charge in [-0.1, -0.05) is 61.2 Å². The SMILES string of the molecule is C=Cc1cn(Cc2ccccc2)c2c(C)cccc12. The van der Waals surface area contributed by atoms with E-state index in [0.29, 0.717) is 0 Å². The normalized spacial score (nSPS) is 10.8. The lowest BCUT2D eigenvalue weighted by Crippen LogP contribution is -1.98. The molecule has 3 aromatic rings. The molecule has 0 N–H and O–H groups in total. The van der Waals surface area contributed by atoms with Crippen molar-refractivity contribution in [2.45, 2.75) is 13.5 Å². The number of hydrogen-bond donors (Lipinski definition) is 0. The number of aromatic nitrogens is 1. The molecule has 0 radical (unpaired) electrons. The van der Waals surface area contributed by atoms with Crippen molar-refractivity contribution in [2.75, 3.05) is 0 Å². The zero-order valence-electron chi connectivity index (χ0n) is 11.1. The summed E-state index contributed by atoms with van der Waals surface area (Å²) >= 11 is 0. The van der Waals surface area contributed by atoms with Crippen LogP contribution < -0.4 is 0 Å². The highest BCUT2D eigenvalue weighted by Crippen LogP contribution is 2.26. The Labute approximate surface area is 113 Å². The second-order valence-electron chi connectivity index (χ2n) is 4.87. The largest absolute Gasteiger partial charge is 0.342 e. The fourth-order valence-corrected chi connectivity index (χ4v) is 2.64. The van der Waals surface area contributed by atoms with Crippen LogP contribution in [0.15, 0.2) is 61.3 Å². The highest BCUT2D eigenvalue weighted by atomic mass is 15.0. The van der Waals surface area contributed by atoms with Gasteiger partial charge < -0.3 is 4.57 Å². The maximum absolute atomic E-state index is 3.92. The molecule has 0 bridgehead atoms. The molecule has 0 amide bonds. The van der Waals surface area contributed by atoms with E-state index in [1.807, 2.05) is 6.08 Å². The van der Waals surface area contributed by atoms with Gasteiger partial charge in [-0.15, -0.1) is 0 Å². The van der Waals surface area contributed by atoms with E-state index >= 15 is 0 Å². The lowest BCUT2D eigenvalue weighted by Gasteiger charge is -2.07. The van der Waals surface area contributed by atoms with Crippen molar-refractivity contribution in [1.82, 2.24) is 4.57 Å². The van der Waals surface area contributed by atoms with Gasteiger partial charge in [0, 0.05) is 18.1 Å². The molecule has 1 heterocycles. The van der Waals surface area contributed by atoms with Crippen LogP contribution in [0.25, 0.3) is 17.0 Å². The van der Waals surface area contributed by atoms with Gasteiger partial charge >= 0.3 is 0 Å². The maximum Gasteiger partial charge on any atom is 0.0519 e. The number of aryl methyl sites for hydroxylation is 1. The first-order valence-corrected chi connectivity index (χ1v) is 6.54. The molecule has 0 unspecified atom stereocenters. The summed E-state index contributed by atoms with van der Waals surface area (Å²) < 4.78 is 2.32. The topological polar surface area (TPSA) is 4.93 Å². The van der Waals surface area contributed by atoms with Crippen LogP contribution in [0.2, 0.25) is 0 Å².